The number of benzene rings is 3. The fraction of sp³-hybridized carbons (Fsp3) is 0.0952. The number of aryl methyl sites for hydroxylation is 2. The van der Waals surface area contributed by atoms with Crippen LogP contribution in [-0.2, 0) is 4.79 Å². The zero-order chi connectivity index (χ0) is 16.2. The third-order valence-electron chi connectivity index (χ3n) is 3.78. The summed E-state index contributed by atoms with van der Waals surface area (Å²) in [5, 5.41) is 2.27. The lowest BCUT2D eigenvalue weighted by Crippen LogP contribution is -2.05. The first kappa shape index (κ1) is 15.0. The largest absolute Gasteiger partial charge is 0.423 e. The molecule has 0 N–H and O–H groups in total. The van der Waals surface area contributed by atoms with Gasteiger partial charge in [-0.3, -0.25) is 0 Å². The molecule has 0 aliphatic heterocycles. The van der Waals surface area contributed by atoms with Gasteiger partial charge in [0.25, 0.3) is 0 Å². The Morgan fingerprint density at radius 1 is 0.957 bits per heavy atom. The second-order valence-corrected chi connectivity index (χ2v) is 5.59. The summed E-state index contributed by atoms with van der Waals surface area (Å²) in [4.78, 5) is 12.1. The zero-order valence-corrected chi connectivity index (χ0v) is 13.2. The quantitative estimate of drug-likeness (QED) is 0.383. The Labute approximate surface area is 136 Å². The van der Waals surface area contributed by atoms with Crippen LogP contribution < -0.4 is 4.74 Å². The standard InChI is InChI=1S/C21H18O2/c1-15-10-11-16(2)20(14-15)23-21(22)13-12-18-8-5-7-17-6-3-4-9-19(17)18/h3-14H,1-2H3. The topological polar surface area (TPSA) is 26.3 Å². The van der Waals surface area contributed by atoms with E-state index in [4.69, 9.17) is 4.74 Å². The van der Waals surface area contributed by atoms with E-state index in [1.807, 2.05) is 62.4 Å². The van der Waals surface area contributed by atoms with E-state index in [0.717, 1.165) is 27.5 Å². The van der Waals surface area contributed by atoms with Crippen molar-refractivity contribution in [1.82, 2.24) is 0 Å². The number of hydrogen-bond donors (Lipinski definition) is 0. The van der Waals surface area contributed by atoms with Crippen molar-refractivity contribution < 1.29 is 9.53 Å². The molecule has 0 saturated carbocycles. The van der Waals surface area contributed by atoms with E-state index in [1.54, 1.807) is 6.08 Å². The maximum absolute atomic E-state index is 12.1. The van der Waals surface area contributed by atoms with Crippen molar-refractivity contribution in [2.75, 3.05) is 0 Å². The molecule has 0 aromatic heterocycles. The number of hydrogen-bond acceptors (Lipinski definition) is 2. The summed E-state index contributed by atoms with van der Waals surface area (Å²) in [6.07, 6.45) is 3.28. The van der Waals surface area contributed by atoms with E-state index in [2.05, 4.69) is 12.1 Å². The average molecular weight is 302 g/mol. The van der Waals surface area contributed by atoms with Gasteiger partial charge in [0.15, 0.2) is 0 Å². The smallest absolute Gasteiger partial charge is 0.336 e. The van der Waals surface area contributed by atoms with Crippen molar-refractivity contribution in [3.63, 3.8) is 0 Å². The molecule has 2 heteroatoms. The van der Waals surface area contributed by atoms with Crippen molar-refractivity contribution in [3.8, 4) is 5.75 Å². The van der Waals surface area contributed by atoms with Gasteiger partial charge in [-0.25, -0.2) is 4.79 Å². The van der Waals surface area contributed by atoms with E-state index in [-0.39, 0.29) is 5.97 Å². The van der Waals surface area contributed by atoms with E-state index in [0.29, 0.717) is 5.75 Å². The molecule has 0 fully saturated rings. The predicted molar refractivity (Wildman–Crippen MR) is 94.5 cm³/mol. The molecule has 3 rings (SSSR count). The predicted octanol–water partition coefficient (Wildman–Crippen LogP) is 5.08. The molecule has 0 heterocycles. The van der Waals surface area contributed by atoms with E-state index in [9.17, 15) is 4.79 Å². The van der Waals surface area contributed by atoms with Crippen LogP contribution in [0.25, 0.3) is 16.8 Å². The summed E-state index contributed by atoms with van der Waals surface area (Å²) in [5.41, 5.74) is 3.01. The van der Waals surface area contributed by atoms with Crippen LogP contribution in [0.1, 0.15) is 16.7 Å². The molecule has 0 saturated heterocycles. The normalized spacial score (nSPS) is 11.0. The molecule has 2 nitrogen and oxygen atoms in total. The fourth-order valence-electron chi connectivity index (χ4n) is 2.51. The number of carbonyl (C=O) groups excluding carboxylic acids is 1. The van der Waals surface area contributed by atoms with Gasteiger partial charge < -0.3 is 4.74 Å². The highest BCUT2D eigenvalue weighted by atomic mass is 16.5. The molecule has 0 atom stereocenters. The minimum atomic E-state index is -0.369. The Kier molecular flexibility index (Phi) is 4.24. The molecule has 0 amide bonds. The maximum atomic E-state index is 12.1. The molecule has 3 aromatic carbocycles. The number of rotatable bonds is 3. The molecule has 0 aliphatic carbocycles. The molecule has 0 aliphatic rings. The zero-order valence-electron chi connectivity index (χ0n) is 13.2. The summed E-state index contributed by atoms with van der Waals surface area (Å²) in [5.74, 6) is 0.240. The third-order valence-corrected chi connectivity index (χ3v) is 3.78. The third kappa shape index (κ3) is 3.49. The molecule has 114 valence electrons. The first-order valence-corrected chi connectivity index (χ1v) is 7.58. The van der Waals surface area contributed by atoms with E-state index >= 15 is 0 Å². The van der Waals surface area contributed by atoms with Gasteiger partial charge in [-0.2, -0.15) is 0 Å². The van der Waals surface area contributed by atoms with Crippen LogP contribution in [0.15, 0.2) is 66.7 Å². The lowest BCUT2D eigenvalue weighted by Gasteiger charge is -2.06. The van der Waals surface area contributed by atoms with Gasteiger partial charge in [0.2, 0.25) is 0 Å². The van der Waals surface area contributed by atoms with Crippen LogP contribution in [0.3, 0.4) is 0 Å². The van der Waals surface area contributed by atoms with E-state index < -0.39 is 0 Å². The van der Waals surface area contributed by atoms with Crippen molar-refractivity contribution >= 4 is 22.8 Å². The Hall–Kier alpha value is -2.87. The van der Waals surface area contributed by atoms with Crippen molar-refractivity contribution in [1.29, 1.82) is 0 Å². The van der Waals surface area contributed by atoms with Crippen molar-refractivity contribution in [2.24, 2.45) is 0 Å². The number of fused-ring (bicyclic) bond motifs is 1. The number of esters is 1. The second kappa shape index (κ2) is 6.49. The molecular formula is C21H18O2. The van der Waals surface area contributed by atoms with Gasteiger partial charge in [-0.15, -0.1) is 0 Å². The fourth-order valence-corrected chi connectivity index (χ4v) is 2.51. The molecule has 23 heavy (non-hydrogen) atoms. The minimum Gasteiger partial charge on any atom is -0.423 e. The summed E-state index contributed by atoms with van der Waals surface area (Å²) < 4.78 is 5.43. The van der Waals surface area contributed by atoms with Crippen LogP contribution in [0.2, 0.25) is 0 Å². The SMILES string of the molecule is Cc1ccc(C)c(OC(=O)C=Cc2cccc3ccccc23)c1. The maximum Gasteiger partial charge on any atom is 0.336 e. The summed E-state index contributed by atoms with van der Waals surface area (Å²) >= 11 is 0. The number of ether oxygens (including phenoxy) is 1. The highest BCUT2D eigenvalue weighted by Gasteiger charge is 2.05. The van der Waals surface area contributed by atoms with Gasteiger partial charge in [0, 0.05) is 6.08 Å². The molecule has 0 spiro atoms. The van der Waals surface area contributed by atoms with Crippen LogP contribution in [0.5, 0.6) is 5.75 Å². The highest BCUT2D eigenvalue weighted by Crippen LogP contribution is 2.21. The highest BCUT2D eigenvalue weighted by molar-refractivity contribution is 5.95. The van der Waals surface area contributed by atoms with Gasteiger partial charge in [-0.05, 0) is 53.5 Å². The van der Waals surface area contributed by atoms with Gasteiger partial charge in [-0.1, -0.05) is 54.6 Å². The number of carbonyl (C=O) groups is 1. The Bertz CT molecular complexity index is 886. The molecule has 3 aromatic rings. The van der Waals surface area contributed by atoms with Crippen LogP contribution in [0.4, 0.5) is 0 Å². The van der Waals surface area contributed by atoms with Crippen molar-refractivity contribution in [3.05, 3.63) is 83.4 Å². The lowest BCUT2D eigenvalue weighted by molar-refractivity contribution is -0.128. The Morgan fingerprint density at radius 3 is 2.61 bits per heavy atom. The molecule has 0 unspecified atom stereocenters. The summed E-state index contributed by atoms with van der Waals surface area (Å²) in [7, 11) is 0. The summed E-state index contributed by atoms with van der Waals surface area (Å²) in [6.45, 7) is 3.90. The lowest BCUT2D eigenvalue weighted by atomic mass is 10.0. The Morgan fingerprint density at radius 2 is 1.74 bits per heavy atom. The van der Waals surface area contributed by atoms with Crippen LogP contribution in [-0.4, -0.2) is 5.97 Å². The molecule has 0 radical (unpaired) electrons. The first-order valence-electron chi connectivity index (χ1n) is 7.58. The van der Waals surface area contributed by atoms with Crippen molar-refractivity contribution in [2.45, 2.75) is 13.8 Å². The monoisotopic (exact) mass is 302 g/mol. The first-order chi connectivity index (χ1) is 11.1. The molecular weight excluding hydrogens is 284 g/mol. The van der Waals surface area contributed by atoms with Gasteiger partial charge >= 0.3 is 5.97 Å². The van der Waals surface area contributed by atoms with Crippen LogP contribution in [0, 0.1) is 13.8 Å². The molecule has 0 bridgehead atoms. The van der Waals surface area contributed by atoms with Gasteiger partial charge in [0.05, 0.1) is 0 Å². The van der Waals surface area contributed by atoms with Gasteiger partial charge in [0.1, 0.15) is 5.75 Å². The minimum absolute atomic E-state index is 0.369. The van der Waals surface area contributed by atoms with E-state index in [1.165, 1.54) is 6.08 Å². The average Bonchev–Trinajstić information content (AvgIpc) is 2.56. The Balaban J connectivity index is 1.82. The second-order valence-electron chi connectivity index (χ2n) is 5.59. The summed E-state index contributed by atoms with van der Waals surface area (Å²) in [6, 6.07) is 20.0. The van der Waals surface area contributed by atoms with Crippen LogP contribution >= 0.6 is 0 Å².